The second kappa shape index (κ2) is 8.28. The van der Waals surface area contributed by atoms with Gasteiger partial charge in [-0.1, -0.05) is 42.5 Å². The number of amides is 2. The summed E-state index contributed by atoms with van der Waals surface area (Å²) in [4.78, 5) is 40.0. The first kappa shape index (κ1) is 20.1. The average Bonchev–Trinajstić information content (AvgIpc) is 3.05. The molecule has 0 bridgehead atoms. The Morgan fingerprint density at radius 1 is 0.967 bits per heavy atom. The maximum absolute atomic E-state index is 12.7. The van der Waals surface area contributed by atoms with Crippen LogP contribution in [-0.2, 0) is 22.6 Å². The molecule has 0 radical (unpaired) electrons. The van der Waals surface area contributed by atoms with Crippen molar-refractivity contribution in [2.45, 2.75) is 31.5 Å². The molecule has 0 saturated carbocycles. The zero-order chi connectivity index (χ0) is 21.1. The number of carboxylic acid groups (broad SMARTS) is 1. The zero-order valence-corrected chi connectivity index (χ0v) is 16.7. The molecule has 2 N–H and O–H groups in total. The molecule has 2 amide bonds. The van der Waals surface area contributed by atoms with Gasteiger partial charge in [-0.25, -0.2) is 4.79 Å². The summed E-state index contributed by atoms with van der Waals surface area (Å²) in [5.74, 6) is -0.831. The number of carboxylic acids is 1. The summed E-state index contributed by atoms with van der Waals surface area (Å²) in [5.41, 5.74) is 1.67. The highest BCUT2D eigenvalue weighted by atomic mass is 16.4. The summed E-state index contributed by atoms with van der Waals surface area (Å²) < 4.78 is 0. The third-order valence-corrected chi connectivity index (χ3v) is 6.07. The van der Waals surface area contributed by atoms with Crippen LogP contribution in [0.4, 0.5) is 0 Å². The van der Waals surface area contributed by atoms with Gasteiger partial charge in [-0.2, -0.15) is 0 Å². The molecule has 30 heavy (non-hydrogen) atoms. The van der Waals surface area contributed by atoms with Crippen molar-refractivity contribution < 1.29 is 19.5 Å². The van der Waals surface area contributed by atoms with Crippen LogP contribution < -0.4 is 5.32 Å². The third kappa shape index (κ3) is 4.07. The Morgan fingerprint density at radius 3 is 2.27 bits per heavy atom. The number of carbonyl (C=O) groups is 3. The van der Waals surface area contributed by atoms with Gasteiger partial charge in [0, 0.05) is 32.5 Å². The van der Waals surface area contributed by atoms with Crippen molar-refractivity contribution in [3.8, 4) is 0 Å². The van der Waals surface area contributed by atoms with E-state index in [4.69, 9.17) is 5.11 Å². The lowest BCUT2D eigenvalue weighted by Gasteiger charge is -2.44. The van der Waals surface area contributed by atoms with E-state index >= 15 is 0 Å². The number of hydrogen-bond donors (Lipinski definition) is 2. The van der Waals surface area contributed by atoms with Gasteiger partial charge < -0.3 is 14.9 Å². The largest absolute Gasteiger partial charge is 0.478 e. The lowest BCUT2D eigenvalue weighted by Crippen LogP contribution is -2.59. The molecule has 0 unspecified atom stereocenters. The number of nitrogens with zero attached hydrogens (tertiary/aromatic N) is 2. The maximum Gasteiger partial charge on any atom is 0.335 e. The molecule has 2 saturated heterocycles. The van der Waals surface area contributed by atoms with E-state index in [1.54, 1.807) is 24.3 Å². The second-order valence-electron chi connectivity index (χ2n) is 7.91. The number of aromatic carboxylic acids is 1. The Morgan fingerprint density at radius 2 is 1.63 bits per heavy atom. The second-order valence-corrected chi connectivity index (χ2v) is 7.91. The quantitative estimate of drug-likeness (QED) is 0.790. The van der Waals surface area contributed by atoms with Crippen molar-refractivity contribution in [1.82, 2.24) is 15.1 Å². The SMILES string of the molecule is O=C(O)c1ccc(CN2C(=O)CNC23CCN(C(=O)Cc2ccccc2)CC3)cc1. The van der Waals surface area contributed by atoms with E-state index in [0.29, 0.717) is 38.9 Å². The topological polar surface area (TPSA) is 89.9 Å². The van der Waals surface area contributed by atoms with Gasteiger partial charge in [-0.15, -0.1) is 0 Å². The normalized spacial score (nSPS) is 18.1. The number of benzene rings is 2. The van der Waals surface area contributed by atoms with Crippen molar-refractivity contribution >= 4 is 17.8 Å². The minimum atomic E-state index is -0.968. The Balaban J connectivity index is 1.40. The van der Waals surface area contributed by atoms with Crippen molar-refractivity contribution in [1.29, 1.82) is 0 Å². The van der Waals surface area contributed by atoms with Gasteiger partial charge in [-0.3, -0.25) is 14.9 Å². The smallest absolute Gasteiger partial charge is 0.335 e. The molecule has 2 aliphatic rings. The van der Waals surface area contributed by atoms with Crippen LogP contribution in [0.2, 0.25) is 0 Å². The van der Waals surface area contributed by atoms with Crippen LogP contribution in [0.1, 0.15) is 34.3 Å². The minimum Gasteiger partial charge on any atom is -0.478 e. The van der Waals surface area contributed by atoms with Gasteiger partial charge >= 0.3 is 5.97 Å². The molecule has 1 spiro atoms. The van der Waals surface area contributed by atoms with Gasteiger partial charge in [0.15, 0.2) is 0 Å². The molecule has 0 aromatic heterocycles. The fourth-order valence-corrected chi connectivity index (χ4v) is 4.30. The van der Waals surface area contributed by atoms with E-state index in [0.717, 1.165) is 11.1 Å². The number of likely N-dealkylation sites (tertiary alicyclic amines) is 1. The highest BCUT2D eigenvalue weighted by Crippen LogP contribution is 2.32. The monoisotopic (exact) mass is 407 g/mol. The van der Waals surface area contributed by atoms with E-state index in [2.05, 4.69) is 5.32 Å². The molecule has 4 rings (SSSR count). The predicted octanol–water partition coefficient (Wildman–Crippen LogP) is 1.88. The van der Waals surface area contributed by atoms with Crippen LogP contribution in [0.15, 0.2) is 54.6 Å². The Hall–Kier alpha value is -3.19. The number of rotatable bonds is 5. The van der Waals surface area contributed by atoms with E-state index in [9.17, 15) is 14.4 Å². The molecule has 0 atom stereocenters. The van der Waals surface area contributed by atoms with Crippen molar-refractivity contribution in [2.75, 3.05) is 19.6 Å². The third-order valence-electron chi connectivity index (χ3n) is 6.07. The summed E-state index contributed by atoms with van der Waals surface area (Å²) in [7, 11) is 0. The number of piperidine rings is 1. The summed E-state index contributed by atoms with van der Waals surface area (Å²) in [5, 5.41) is 12.4. The average molecular weight is 407 g/mol. The van der Waals surface area contributed by atoms with Gasteiger partial charge in [-0.05, 0) is 23.3 Å². The van der Waals surface area contributed by atoms with Gasteiger partial charge in [0.05, 0.1) is 24.2 Å². The van der Waals surface area contributed by atoms with E-state index < -0.39 is 11.6 Å². The first-order valence-electron chi connectivity index (χ1n) is 10.2. The Labute approximate surface area is 175 Å². The summed E-state index contributed by atoms with van der Waals surface area (Å²) >= 11 is 0. The number of carbonyl (C=O) groups excluding carboxylic acids is 2. The Bertz CT molecular complexity index is 935. The highest BCUT2D eigenvalue weighted by molar-refractivity contribution is 5.87. The zero-order valence-electron chi connectivity index (χ0n) is 16.7. The first-order chi connectivity index (χ1) is 14.5. The van der Waals surface area contributed by atoms with Crippen molar-refractivity contribution in [3.63, 3.8) is 0 Å². The minimum absolute atomic E-state index is 0.0290. The molecule has 156 valence electrons. The molecular formula is C23H25N3O4. The fourth-order valence-electron chi connectivity index (χ4n) is 4.30. The van der Waals surface area contributed by atoms with Crippen LogP contribution >= 0.6 is 0 Å². The predicted molar refractivity (Wildman–Crippen MR) is 111 cm³/mol. The van der Waals surface area contributed by atoms with Crippen LogP contribution in [0.25, 0.3) is 0 Å². The molecule has 2 heterocycles. The molecule has 7 nitrogen and oxygen atoms in total. The summed E-state index contributed by atoms with van der Waals surface area (Å²) in [6.45, 7) is 1.90. The molecular weight excluding hydrogens is 382 g/mol. The lowest BCUT2D eigenvalue weighted by atomic mass is 9.94. The summed E-state index contributed by atoms with van der Waals surface area (Å²) in [6.07, 6.45) is 1.73. The van der Waals surface area contributed by atoms with E-state index in [1.165, 1.54) is 0 Å². The maximum atomic E-state index is 12.7. The highest BCUT2D eigenvalue weighted by Gasteiger charge is 2.47. The molecule has 2 aromatic rings. The van der Waals surface area contributed by atoms with E-state index in [1.807, 2.05) is 40.1 Å². The van der Waals surface area contributed by atoms with Crippen molar-refractivity contribution in [3.05, 3.63) is 71.3 Å². The number of hydrogen-bond acceptors (Lipinski definition) is 4. The molecule has 2 aromatic carbocycles. The van der Waals surface area contributed by atoms with Crippen molar-refractivity contribution in [2.24, 2.45) is 0 Å². The molecule has 2 fully saturated rings. The summed E-state index contributed by atoms with van der Waals surface area (Å²) in [6, 6.07) is 16.3. The first-order valence-corrected chi connectivity index (χ1v) is 10.2. The van der Waals surface area contributed by atoms with E-state index in [-0.39, 0.29) is 23.9 Å². The molecule has 2 aliphatic heterocycles. The van der Waals surface area contributed by atoms with Gasteiger partial charge in [0.1, 0.15) is 0 Å². The molecule has 7 heteroatoms. The van der Waals surface area contributed by atoms with Crippen LogP contribution in [0.5, 0.6) is 0 Å². The van der Waals surface area contributed by atoms with Crippen LogP contribution in [-0.4, -0.2) is 58.0 Å². The number of nitrogens with one attached hydrogen (secondary N) is 1. The fraction of sp³-hybridized carbons (Fsp3) is 0.348. The molecule has 0 aliphatic carbocycles. The van der Waals surface area contributed by atoms with Crippen LogP contribution in [0.3, 0.4) is 0 Å². The van der Waals surface area contributed by atoms with Gasteiger partial charge in [0.25, 0.3) is 0 Å². The van der Waals surface area contributed by atoms with Crippen LogP contribution in [0, 0.1) is 0 Å². The Kier molecular flexibility index (Phi) is 5.55. The standard InChI is InChI=1S/C23H25N3O4/c27-20(14-17-4-2-1-3-5-17)25-12-10-23(11-13-25)24-15-21(28)26(23)16-18-6-8-19(9-7-18)22(29)30/h1-9,24H,10-16H2,(H,29,30). The van der Waals surface area contributed by atoms with Gasteiger partial charge in [0.2, 0.25) is 11.8 Å². The lowest BCUT2D eigenvalue weighted by molar-refractivity contribution is -0.136.